The van der Waals surface area contributed by atoms with E-state index >= 15 is 0 Å². The van der Waals surface area contributed by atoms with Crippen molar-refractivity contribution in [2.45, 2.75) is 32.4 Å². The number of nitrogens with zero attached hydrogens (tertiary/aromatic N) is 2. The van der Waals surface area contributed by atoms with Gasteiger partial charge in [0.1, 0.15) is 11.5 Å². The third-order valence-corrected chi connectivity index (χ3v) is 4.83. The Kier molecular flexibility index (Phi) is 4.17. The highest BCUT2D eigenvalue weighted by Gasteiger charge is 2.29. The largest absolute Gasteiger partial charge is 0.460 e. The van der Waals surface area contributed by atoms with Gasteiger partial charge in [-0.2, -0.15) is 0 Å². The maximum absolute atomic E-state index is 6.25. The molecule has 0 amide bonds. The van der Waals surface area contributed by atoms with Crippen molar-refractivity contribution < 1.29 is 8.94 Å². The summed E-state index contributed by atoms with van der Waals surface area (Å²) in [6.45, 7) is 3.75. The van der Waals surface area contributed by atoms with Crippen LogP contribution in [0.2, 0.25) is 5.02 Å². The molecule has 1 atom stereocenters. The predicted molar refractivity (Wildman–Crippen MR) is 92.8 cm³/mol. The number of benzene rings is 1. The number of hydrogen-bond donors (Lipinski definition) is 0. The minimum absolute atomic E-state index is 0.278. The van der Waals surface area contributed by atoms with E-state index in [-0.39, 0.29) is 6.04 Å². The lowest BCUT2D eigenvalue weighted by molar-refractivity contribution is 0.194. The van der Waals surface area contributed by atoms with Gasteiger partial charge in [0.15, 0.2) is 5.76 Å². The number of aryl methyl sites for hydroxylation is 1. The zero-order valence-corrected chi connectivity index (χ0v) is 14.3. The van der Waals surface area contributed by atoms with Crippen molar-refractivity contribution in [2.24, 2.45) is 0 Å². The summed E-state index contributed by atoms with van der Waals surface area (Å²) in [5.74, 6) is 2.69. The molecule has 0 saturated carbocycles. The van der Waals surface area contributed by atoms with Gasteiger partial charge in [-0.25, -0.2) is 0 Å². The topological polar surface area (TPSA) is 42.4 Å². The number of likely N-dealkylation sites (tertiary alicyclic amines) is 1. The van der Waals surface area contributed by atoms with E-state index in [9.17, 15) is 0 Å². The summed E-state index contributed by atoms with van der Waals surface area (Å²) in [5.41, 5.74) is 1.85. The van der Waals surface area contributed by atoms with Crippen LogP contribution in [0.3, 0.4) is 0 Å². The van der Waals surface area contributed by atoms with Crippen molar-refractivity contribution in [3.63, 3.8) is 0 Å². The minimum atomic E-state index is 0.278. The fourth-order valence-electron chi connectivity index (χ4n) is 3.35. The summed E-state index contributed by atoms with van der Waals surface area (Å²) in [6, 6.07) is 14.1. The lowest BCUT2D eigenvalue weighted by atomic mass is 10.1. The number of rotatable bonds is 4. The standard InChI is InChI=1S/C19H19ClN2O2/c1-13-11-19(24-21-13)17-7-4-10-22(17)12-14-8-9-18(23-14)15-5-2-3-6-16(15)20/h2-3,5-6,8-9,11,17H,4,7,10,12H2,1H3/t17-/m1/s1. The van der Waals surface area contributed by atoms with Gasteiger partial charge in [0.05, 0.1) is 23.3 Å². The third kappa shape index (κ3) is 2.99. The highest BCUT2D eigenvalue weighted by atomic mass is 35.5. The van der Waals surface area contributed by atoms with E-state index in [1.165, 1.54) is 0 Å². The van der Waals surface area contributed by atoms with Crippen molar-refractivity contribution in [3.8, 4) is 11.3 Å². The van der Waals surface area contributed by atoms with Crippen LogP contribution >= 0.6 is 11.6 Å². The third-order valence-electron chi connectivity index (χ3n) is 4.50. The van der Waals surface area contributed by atoms with Crippen molar-refractivity contribution in [1.82, 2.24) is 10.1 Å². The molecule has 0 spiro atoms. The zero-order chi connectivity index (χ0) is 16.5. The second-order valence-electron chi connectivity index (χ2n) is 6.24. The van der Waals surface area contributed by atoms with Gasteiger partial charge in [-0.15, -0.1) is 0 Å². The molecule has 3 aromatic rings. The van der Waals surface area contributed by atoms with Gasteiger partial charge in [0, 0.05) is 11.6 Å². The molecule has 0 unspecified atom stereocenters. The van der Waals surface area contributed by atoms with Crippen LogP contribution in [-0.4, -0.2) is 16.6 Å². The first-order valence-corrected chi connectivity index (χ1v) is 8.59. The van der Waals surface area contributed by atoms with Gasteiger partial charge in [-0.3, -0.25) is 4.90 Å². The van der Waals surface area contributed by atoms with Gasteiger partial charge in [0.2, 0.25) is 0 Å². The fraction of sp³-hybridized carbons (Fsp3) is 0.316. The average molecular weight is 343 g/mol. The highest BCUT2D eigenvalue weighted by molar-refractivity contribution is 6.33. The van der Waals surface area contributed by atoms with E-state index in [0.717, 1.165) is 54.5 Å². The monoisotopic (exact) mass is 342 g/mol. The number of hydrogen-bond acceptors (Lipinski definition) is 4. The number of furan rings is 1. The Morgan fingerprint density at radius 3 is 2.92 bits per heavy atom. The first-order valence-electron chi connectivity index (χ1n) is 8.21. The Bertz CT molecular complexity index is 839. The lowest BCUT2D eigenvalue weighted by Gasteiger charge is -2.20. The quantitative estimate of drug-likeness (QED) is 0.650. The molecule has 24 heavy (non-hydrogen) atoms. The summed E-state index contributed by atoms with van der Waals surface area (Å²) in [5, 5.41) is 4.72. The number of aromatic nitrogens is 1. The molecule has 4 nitrogen and oxygen atoms in total. The Labute approximate surface area is 146 Å². The van der Waals surface area contributed by atoms with Gasteiger partial charge < -0.3 is 8.94 Å². The summed E-state index contributed by atoms with van der Waals surface area (Å²) >= 11 is 6.25. The second kappa shape index (κ2) is 6.46. The highest BCUT2D eigenvalue weighted by Crippen LogP contribution is 2.35. The maximum Gasteiger partial charge on any atom is 0.154 e. The summed E-state index contributed by atoms with van der Waals surface area (Å²) in [7, 11) is 0. The van der Waals surface area contributed by atoms with Gasteiger partial charge in [-0.1, -0.05) is 28.9 Å². The van der Waals surface area contributed by atoms with Crippen LogP contribution in [-0.2, 0) is 6.54 Å². The lowest BCUT2D eigenvalue weighted by Crippen LogP contribution is -2.22. The Morgan fingerprint density at radius 2 is 2.12 bits per heavy atom. The molecule has 0 aliphatic carbocycles. The van der Waals surface area contributed by atoms with Crippen LogP contribution in [0.5, 0.6) is 0 Å². The average Bonchev–Trinajstić information content (AvgIpc) is 3.29. The van der Waals surface area contributed by atoms with Crippen LogP contribution in [0.25, 0.3) is 11.3 Å². The Hall–Kier alpha value is -2.04. The first kappa shape index (κ1) is 15.5. The number of halogens is 1. The van der Waals surface area contributed by atoms with Gasteiger partial charge in [0.25, 0.3) is 0 Å². The molecule has 0 bridgehead atoms. The van der Waals surface area contributed by atoms with E-state index in [1.54, 1.807) is 0 Å². The second-order valence-corrected chi connectivity index (χ2v) is 6.65. The van der Waals surface area contributed by atoms with Crippen molar-refractivity contribution in [2.75, 3.05) is 6.54 Å². The maximum atomic E-state index is 6.25. The van der Waals surface area contributed by atoms with E-state index in [2.05, 4.69) is 10.1 Å². The van der Waals surface area contributed by atoms with Crippen molar-refractivity contribution >= 4 is 11.6 Å². The smallest absolute Gasteiger partial charge is 0.154 e. The van der Waals surface area contributed by atoms with Crippen molar-refractivity contribution in [1.29, 1.82) is 0 Å². The molecule has 1 aliphatic rings. The van der Waals surface area contributed by atoms with E-state index < -0.39 is 0 Å². The SMILES string of the molecule is Cc1cc([C@H]2CCCN2Cc2ccc(-c3ccccc3Cl)o2)on1. The molecule has 5 heteroatoms. The summed E-state index contributed by atoms with van der Waals surface area (Å²) < 4.78 is 11.5. The molecular formula is C19H19ClN2O2. The Morgan fingerprint density at radius 1 is 1.25 bits per heavy atom. The van der Waals surface area contributed by atoms with Crippen molar-refractivity contribution in [3.05, 3.63) is 64.7 Å². The fourth-order valence-corrected chi connectivity index (χ4v) is 3.58. The zero-order valence-electron chi connectivity index (χ0n) is 13.5. The van der Waals surface area contributed by atoms with Crippen LogP contribution in [0, 0.1) is 6.92 Å². The Balaban J connectivity index is 1.52. The van der Waals surface area contributed by atoms with Gasteiger partial charge in [-0.05, 0) is 50.6 Å². The van der Waals surface area contributed by atoms with Crippen LogP contribution in [0.1, 0.15) is 36.1 Å². The predicted octanol–water partition coefficient (Wildman–Crippen LogP) is 5.23. The molecule has 1 saturated heterocycles. The molecule has 1 aliphatic heterocycles. The normalized spacial score (nSPS) is 18.3. The summed E-state index contributed by atoms with van der Waals surface area (Å²) in [6.07, 6.45) is 2.25. The van der Waals surface area contributed by atoms with E-state index in [0.29, 0.717) is 5.02 Å². The molecule has 0 N–H and O–H groups in total. The van der Waals surface area contributed by atoms with E-state index in [4.69, 9.17) is 20.5 Å². The molecule has 1 fully saturated rings. The molecule has 4 rings (SSSR count). The van der Waals surface area contributed by atoms with E-state index in [1.807, 2.05) is 49.4 Å². The molecule has 3 heterocycles. The molecule has 124 valence electrons. The molecule has 1 aromatic carbocycles. The molecule has 0 radical (unpaired) electrons. The van der Waals surface area contributed by atoms with Crippen LogP contribution < -0.4 is 0 Å². The summed E-state index contributed by atoms with van der Waals surface area (Å²) in [4.78, 5) is 2.38. The molecular weight excluding hydrogens is 324 g/mol. The van der Waals surface area contributed by atoms with Crippen LogP contribution in [0.15, 0.2) is 51.4 Å². The molecule has 2 aromatic heterocycles. The minimum Gasteiger partial charge on any atom is -0.460 e. The van der Waals surface area contributed by atoms with Gasteiger partial charge >= 0.3 is 0 Å². The first-order chi connectivity index (χ1) is 11.7. The van der Waals surface area contributed by atoms with Crippen LogP contribution in [0.4, 0.5) is 0 Å².